The van der Waals surface area contributed by atoms with E-state index in [1.54, 1.807) is 0 Å². The highest BCUT2D eigenvalue weighted by molar-refractivity contribution is 5.77. The topological polar surface area (TPSA) is 49.8 Å². The monoisotopic (exact) mass is 335 g/mol. The molecule has 5 aliphatic rings. The lowest BCUT2D eigenvalue weighted by Gasteiger charge is -2.60. The quantitative estimate of drug-likeness (QED) is 0.840. The summed E-state index contributed by atoms with van der Waals surface area (Å²) in [4.78, 5) is 15.1. The predicted molar refractivity (Wildman–Crippen MR) is 92.5 cm³/mol. The molecule has 0 radical (unpaired) electrons. The number of carbonyl (C=O) groups excluding carboxylic acids is 1. The second kappa shape index (κ2) is 6.28. The first kappa shape index (κ1) is 16.8. The van der Waals surface area contributed by atoms with Gasteiger partial charge >= 0.3 is 0 Å². The van der Waals surface area contributed by atoms with Crippen molar-refractivity contribution in [3.8, 4) is 0 Å². The molecule has 4 aliphatic carbocycles. The van der Waals surface area contributed by atoms with Crippen LogP contribution < -0.4 is 0 Å². The maximum absolute atomic E-state index is 13.0. The van der Waals surface area contributed by atoms with Crippen LogP contribution in [0, 0.1) is 23.2 Å². The summed E-state index contributed by atoms with van der Waals surface area (Å²) in [5, 5.41) is 10.9. The average molecular weight is 335 g/mol. The van der Waals surface area contributed by atoms with E-state index >= 15 is 0 Å². The fourth-order valence-electron chi connectivity index (χ4n) is 6.69. The lowest BCUT2D eigenvalue weighted by atomic mass is 9.47. The van der Waals surface area contributed by atoms with E-state index in [1.807, 2.05) is 0 Å². The fraction of sp³-hybridized carbons (Fsp3) is 0.950. The second-order valence-electron chi connectivity index (χ2n) is 9.35. The van der Waals surface area contributed by atoms with E-state index < -0.39 is 5.60 Å². The average Bonchev–Trinajstić information content (AvgIpc) is 2.50. The highest BCUT2D eigenvalue weighted by Gasteiger charge is 2.57. The van der Waals surface area contributed by atoms with Gasteiger partial charge in [0.1, 0.15) is 0 Å². The number of rotatable bonds is 5. The zero-order valence-corrected chi connectivity index (χ0v) is 15.1. The van der Waals surface area contributed by atoms with Crippen LogP contribution in [0.25, 0.3) is 0 Å². The second-order valence-corrected chi connectivity index (χ2v) is 9.35. The summed E-state index contributed by atoms with van der Waals surface area (Å²) in [5.74, 6) is 2.25. The van der Waals surface area contributed by atoms with Gasteiger partial charge in [0.05, 0.1) is 5.60 Å². The van der Waals surface area contributed by atoms with Crippen LogP contribution in [0.5, 0.6) is 0 Å². The van der Waals surface area contributed by atoms with Crippen LogP contribution in [0.1, 0.15) is 64.7 Å². The number of aliphatic hydroxyl groups is 1. The van der Waals surface area contributed by atoms with Gasteiger partial charge < -0.3 is 14.7 Å². The van der Waals surface area contributed by atoms with Crippen LogP contribution in [-0.4, -0.2) is 47.8 Å². The fourth-order valence-corrected chi connectivity index (χ4v) is 6.69. The van der Waals surface area contributed by atoms with E-state index in [1.165, 1.54) is 19.3 Å². The van der Waals surface area contributed by atoms with Crippen molar-refractivity contribution in [1.29, 1.82) is 0 Å². The molecule has 0 spiro atoms. The largest absolute Gasteiger partial charge is 0.390 e. The molecule has 4 saturated carbocycles. The van der Waals surface area contributed by atoms with Crippen molar-refractivity contribution in [2.24, 2.45) is 23.2 Å². The Morgan fingerprint density at radius 1 is 1.17 bits per heavy atom. The Hall–Kier alpha value is -0.610. The first-order valence-electron chi connectivity index (χ1n) is 10.1. The third-order valence-corrected chi connectivity index (χ3v) is 7.23. The van der Waals surface area contributed by atoms with Gasteiger partial charge in [-0.15, -0.1) is 0 Å². The van der Waals surface area contributed by atoms with Crippen molar-refractivity contribution >= 4 is 5.91 Å². The third-order valence-electron chi connectivity index (χ3n) is 7.23. The van der Waals surface area contributed by atoms with Gasteiger partial charge in [0.2, 0.25) is 5.91 Å². The van der Waals surface area contributed by atoms with Gasteiger partial charge in [-0.05, 0) is 81.5 Å². The number of nitrogens with zero attached hydrogens (tertiary/aromatic N) is 1. The zero-order valence-electron chi connectivity index (χ0n) is 15.1. The van der Waals surface area contributed by atoms with Gasteiger partial charge in [-0.1, -0.05) is 0 Å². The number of carbonyl (C=O) groups is 1. The summed E-state index contributed by atoms with van der Waals surface area (Å²) >= 11 is 0. The lowest BCUT2D eigenvalue weighted by molar-refractivity contribution is -0.172. The van der Waals surface area contributed by atoms with Gasteiger partial charge in [-0.3, -0.25) is 4.79 Å². The molecule has 136 valence electrons. The molecule has 1 N–H and O–H groups in total. The Morgan fingerprint density at radius 3 is 2.42 bits per heavy atom. The molecule has 1 aliphatic heterocycles. The maximum atomic E-state index is 13.0. The number of ether oxygens (including phenoxy) is 1. The van der Waals surface area contributed by atoms with Crippen LogP contribution in [-0.2, 0) is 9.53 Å². The number of hydrogen-bond acceptors (Lipinski definition) is 3. The van der Waals surface area contributed by atoms with E-state index in [0.29, 0.717) is 30.1 Å². The minimum Gasteiger partial charge on any atom is -0.390 e. The molecular formula is C20H33NO3. The molecule has 4 atom stereocenters. The van der Waals surface area contributed by atoms with Crippen molar-refractivity contribution in [2.45, 2.75) is 70.3 Å². The van der Waals surface area contributed by atoms with E-state index in [4.69, 9.17) is 4.74 Å². The zero-order chi connectivity index (χ0) is 16.8. The third kappa shape index (κ3) is 3.24. The van der Waals surface area contributed by atoms with Crippen LogP contribution in [0.4, 0.5) is 0 Å². The summed E-state index contributed by atoms with van der Waals surface area (Å²) in [5.41, 5.74) is -0.360. The highest BCUT2D eigenvalue weighted by Crippen LogP contribution is 2.62. The molecule has 0 aromatic rings. The van der Waals surface area contributed by atoms with E-state index in [-0.39, 0.29) is 5.41 Å². The Morgan fingerprint density at radius 2 is 1.83 bits per heavy atom. The van der Waals surface area contributed by atoms with Gasteiger partial charge in [0.15, 0.2) is 0 Å². The first-order valence-corrected chi connectivity index (χ1v) is 10.1. The molecule has 1 amide bonds. The van der Waals surface area contributed by atoms with Crippen molar-refractivity contribution in [2.75, 3.05) is 26.3 Å². The lowest BCUT2D eigenvalue weighted by Crippen LogP contribution is -2.56. The summed E-state index contributed by atoms with van der Waals surface area (Å²) in [6.07, 6.45) is 9.30. The molecule has 4 bridgehead atoms. The smallest absolute Gasteiger partial charge is 0.223 e. The standard InChI is InChI=1S/C20H33NO3/c1-2-21(13-15-3-5-24-6-4-15)18(22)12-19-8-16-7-17(9-19)11-20(23,10-16)14-19/h15-17,23H,2-14H2,1H3/t16-,17+,19?,20?. The Bertz CT molecular complexity index is 471. The molecule has 2 unspecified atom stereocenters. The van der Waals surface area contributed by atoms with Crippen molar-refractivity contribution < 1.29 is 14.6 Å². The first-order chi connectivity index (χ1) is 11.5. The molecule has 24 heavy (non-hydrogen) atoms. The van der Waals surface area contributed by atoms with Crippen LogP contribution in [0.15, 0.2) is 0 Å². The van der Waals surface area contributed by atoms with E-state index in [9.17, 15) is 9.90 Å². The minimum atomic E-state index is -0.456. The van der Waals surface area contributed by atoms with Gasteiger partial charge in [0, 0.05) is 32.7 Å². The maximum Gasteiger partial charge on any atom is 0.223 e. The summed E-state index contributed by atoms with van der Waals surface area (Å²) in [6, 6.07) is 0. The molecular weight excluding hydrogens is 302 g/mol. The SMILES string of the molecule is CCN(CC1CCOCC1)C(=O)CC12C[C@@H]3C[C@@H](CC(O)(C3)C1)C2. The summed E-state index contributed by atoms with van der Waals surface area (Å²) in [7, 11) is 0. The Labute approximate surface area is 145 Å². The summed E-state index contributed by atoms with van der Waals surface area (Å²) < 4.78 is 5.45. The van der Waals surface area contributed by atoms with Gasteiger partial charge in [-0.25, -0.2) is 0 Å². The molecule has 0 aromatic heterocycles. The number of hydrogen-bond donors (Lipinski definition) is 1. The molecule has 4 heteroatoms. The van der Waals surface area contributed by atoms with E-state index in [2.05, 4.69) is 11.8 Å². The molecule has 1 saturated heterocycles. The summed E-state index contributed by atoms with van der Waals surface area (Å²) in [6.45, 7) is 5.49. The molecule has 4 nitrogen and oxygen atoms in total. The Kier molecular flexibility index (Phi) is 4.41. The molecule has 5 rings (SSSR count). The molecule has 1 heterocycles. The van der Waals surface area contributed by atoms with Crippen LogP contribution >= 0.6 is 0 Å². The van der Waals surface area contributed by atoms with Crippen molar-refractivity contribution in [3.63, 3.8) is 0 Å². The highest BCUT2D eigenvalue weighted by atomic mass is 16.5. The Balaban J connectivity index is 1.41. The van der Waals surface area contributed by atoms with Gasteiger partial charge in [-0.2, -0.15) is 0 Å². The van der Waals surface area contributed by atoms with Gasteiger partial charge in [0.25, 0.3) is 0 Å². The van der Waals surface area contributed by atoms with Crippen molar-refractivity contribution in [1.82, 2.24) is 4.90 Å². The van der Waals surface area contributed by atoms with E-state index in [0.717, 1.165) is 58.4 Å². The molecule has 5 fully saturated rings. The normalized spacial score (nSPS) is 41.6. The van der Waals surface area contributed by atoms with Crippen molar-refractivity contribution in [3.05, 3.63) is 0 Å². The predicted octanol–water partition coefficient (Wildman–Crippen LogP) is 2.98. The van der Waals surface area contributed by atoms with Crippen LogP contribution in [0.2, 0.25) is 0 Å². The minimum absolute atomic E-state index is 0.0962. The number of amides is 1. The van der Waals surface area contributed by atoms with Crippen LogP contribution in [0.3, 0.4) is 0 Å². The molecule has 0 aromatic carbocycles.